The third kappa shape index (κ3) is 4.41. The molecule has 0 saturated carbocycles. The van der Waals surface area contributed by atoms with E-state index in [1.165, 1.54) is 4.90 Å². The summed E-state index contributed by atoms with van der Waals surface area (Å²) in [7, 11) is 0. The molecule has 6 heteroatoms. The van der Waals surface area contributed by atoms with Crippen molar-refractivity contribution < 1.29 is 19.5 Å². The smallest absolute Gasteiger partial charge is 0.326 e. The van der Waals surface area contributed by atoms with Crippen LogP contribution in [0.15, 0.2) is 30.3 Å². The van der Waals surface area contributed by atoms with Gasteiger partial charge >= 0.3 is 5.97 Å². The molecule has 1 aromatic rings. The number of likely N-dealkylation sites (tertiary alicyclic amines) is 1. The van der Waals surface area contributed by atoms with Crippen LogP contribution in [0.5, 0.6) is 0 Å². The summed E-state index contributed by atoms with van der Waals surface area (Å²) in [6, 6.07) is 8.06. The zero-order valence-electron chi connectivity index (χ0n) is 13.9. The Kier molecular flexibility index (Phi) is 6.09. The summed E-state index contributed by atoms with van der Waals surface area (Å²) >= 11 is 0. The van der Waals surface area contributed by atoms with E-state index >= 15 is 0 Å². The van der Waals surface area contributed by atoms with Crippen molar-refractivity contribution in [2.75, 3.05) is 6.54 Å². The molecule has 2 unspecified atom stereocenters. The highest BCUT2D eigenvalue weighted by atomic mass is 16.4. The van der Waals surface area contributed by atoms with Gasteiger partial charge in [0.2, 0.25) is 5.91 Å². The number of hydrogen-bond acceptors (Lipinski definition) is 4. The number of amides is 1. The lowest BCUT2D eigenvalue weighted by atomic mass is 9.95. The van der Waals surface area contributed by atoms with Crippen molar-refractivity contribution >= 4 is 17.7 Å². The number of aliphatic carboxylic acids is 1. The number of ketones is 1. The first kappa shape index (κ1) is 18.1. The van der Waals surface area contributed by atoms with Gasteiger partial charge in [0.25, 0.3) is 0 Å². The van der Waals surface area contributed by atoms with E-state index in [0.29, 0.717) is 25.8 Å². The molecule has 1 aliphatic heterocycles. The molecular formula is C18H24N2O4. The summed E-state index contributed by atoms with van der Waals surface area (Å²) in [5.41, 5.74) is 6.93. The number of rotatable bonds is 7. The molecule has 24 heavy (non-hydrogen) atoms. The first-order chi connectivity index (χ1) is 11.4. The highest BCUT2D eigenvalue weighted by Crippen LogP contribution is 2.21. The van der Waals surface area contributed by atoms with Crippen LogP contribution in [-0.2, 0) is 20.8 Å². The maximum absolute atomic E-state index is 12.4. The SMILES string of the molecule is CC(CC(=O)C(N)Cc1ccccc1)C(=O)N1CCC[C@H]1C(=O)O. The normalized spacial score (nSPS) is 19.8. The zero-order valence-corrected chi connectivity index (χ0v) is 13.9. The van der Waals surface area contributed by atoms with Crippen molar-refractivity contribution in [2.24, 2.45) is 11.7 Å². The molecule has 1 amide bonds. The van der Waals surface area contributed by atoms with Crippen LogP contribution in [0, 0.1) is 5.92 Å². The molecule has 1 aromatic carbocycles. The van der Waals surface area contributed by atoms with Gasteiger partial charge in [0.05, 0.1) is 6.04 Å². The Hall–Kier alpha value is -2.21. The van der Waals surface area contributed by atoms with Crippen LogP contribution in [0.2, 0.25) is 0 Å². The van der Waals surface area contributed by atoms with Crippen LogP contribution in [0.4, 0.5) is 0 Å². The Morgan fingerprint density at radius 1 is 1.29 bits per heavy atom. The maximum atomic E-state index is 12.4. The predicted octanol–water partition coefficient (Wildman–Crippen LogP) is 1.23. The highest BCUT2D eigenvalue weighted by Gasteiger charge is 2.36. The number of carbonyl (C=O) groups is 3. The van der Waals surface area contributed by atoms with Crippen LogP contribution in [0.3, 0.4) is 0 Å². The Labute approximate surface area is 141 Å². The van der Waals surface area contributed by atoms with Crippen LogP contribution in [-0.4, -0.2) is 46.3 Å². The van der Waals surface area contributed by atoms with Gasteiger partial charge in [-0.25, -0.2) is 4.79 Å². The minimum atomic E-state index is -0.986. The van der Waals surface area contributed by atoms with E-state index < -0.39 is 24.0 Å². The number of nitrogens with two attached hydrogens (primary N) is 1. The summed E-state index contributed by atoms with van der Waals surface area (Å²) in [5.74, 6) is -2.00. The second kappa shape index (κ2) is 8.06. The van der Waals surface area contributed by atoms with Gasteiger partial charge in [0.1, 0.15) is 6.04 Å². The second-order valence-corrected chi connectivity index (χ2v) is 6.40. The van der Waals surface area contributed by atoms with Crippen LogP contribution in [0.1, 0.15) is 31.7 Å². The number of carboxylic acid groups (broad SMARTS) is 1. The number of Topliss-reactive ketones (excluding diaryl/α,β-unsaturated/α-hetero) is 1. The topological polar surface area (TPSA) is 101 Å². The van der Waals surface area contributed by atoms with Gasteiger partial charge in [-0.3, -0.25) is 9.59 Å². The Morgan fingerprint density at radius 2 is 1.96 bits per heavy atom. The molecule has 0 spiro atoms. The fraction of sp³-hybridized carbons (Fsp3) is 0.500. The summed E-state index contributed by atoms with van der Waals surface area (Å²) in [6.45, 7) is 2.09. The van der Waals surface area contributed by atoms with Crippen LogP contribution in [0.25, 0.3) is 0 Å². The standard InChI is InChI=1S/C18H24N2O4/c1-12(17(22)20-9-5-8-15(20)18(23)24)10-16(21)14(19)11-13-6-3-2-4-7-13/h2-4,6-7,12,14-15H,5,8-11,19H2,1H3,(H,23,24)/t12?,14?,15-/m0/s1. The monoisotopic (exact) mass is 332 g/mol. The summed E-state index contributed by atoms with van der Waals surface area (Å²) in [6.07, 6.45) is 1.61. The van der Waals surface area contributed by atoms with Gasteiger partial charge in [0, 0.05) is 18.9 Å². The molecule has 1 fully saturated rings. The van der Waals surface area contributed by atoms with E-state index in [1.807, 2.05) is 30.3 Å². The van der Waals surface area contributed by atoms with Gasteiger partial charge in [-0.2, -0.15) is 0 Å². The first-order valence-corrected chi connectivity index (χ1v) is 8.25. The van der Waals surface area contributed by atoms with E-state index in [0.717, 1.165) is 5.56 Å². The highest BCUT2D eigenvalue weighted by molar-refractivity contribution is 5.91. The summed E-state index contributed by atoms with van der Waals surface area (Å²) < 4.78 is 0. The predicted molar refractivity (Wildman–Crippen MR) is 89.3 cm³/mol. The molecule has 130 valence electrons. The molecule has 1 aliphatic rings. The van der Waals surface area contributed by atoms with Crippen molar-refractivity contribution in [3.8, 4) is 0 Å². The van der Waals surface area contributed by atoms with E-state index in [2.05, 4.69) is 0 Å². The quantitative estimate of drug-likeness (QED) is 0.782. The third-order valence-electron chi connectivity index (χ3n) is 4.46. The molecular weight excluding hydrogens is 308 g/mol. The Balaban J connectivity index is 1.90. The van der Waals surface area contributed by atoms with E-state index in [9.17, 15) is 14.4 Å². The van der Waals surface area contributed by atoms with E-state index in [1.54, 1.807) is 6.92 Å². The average molecular weight is 332 g/mol. The minimum Gasteiger partial charge on any atom is -0.480 e. The van der Waals surface area contributed by atoms with Crippen molar-refractivity contribution in [1.29, 1.82) is 0 Å². The molecule has 0 bridgehead atoms. The molecule has 0 aromatic heterocycles. The fourth-order valence-electron chi connectivity index (χ4n) is 3.09. The molecule has 1 heterocycles. The van der Waals surface area contributed by atoms with Crippen molar-refractivity contribution in [1.82, 2.24) is 4.90 Å². The number of carboxylic acids is 1. The first-order valence-electron chi connectivity index (χ1n) is 8.25. The van der Waals surface area contributed by atoms with Crippen LogP contribution >= 0.6 is 0 Å². The van der Waals surface area contributed by atoms with E-state index in [4.69, 9.17) is 10.8 Å². The lowest BCUT2D eigenvalue weighted by molar-refractivity contribution is -0.150. The van der Waals surface area contributed by atoms with Crippen molar-refractivity contribution in [3.63, 3.8) is 0 Å². The molecule has 3 N–H and O–H groups in total. The maximum Gasteiger partial charge on any atom is 0.326 e. The number of benzene rings is 1. The lowest BCUT2D eigenvalue weighted by Crippen LogP contribution is -2.44. The van der Waals surface area contributed by atoms with Gasteiger partial charge in [-0.15, -0.1) is 0 Å². The molecule has 0 radical (unpaired) electrons. The number of carbonyl (C=O) groups excluding carboxylic acids is 2. The van der Waals surface area contributed by atoms with Gasteiger partial charge in [-0.1, -0.05) is 37.3 Å². The Bertz CT molecular complexity index is 602. The van der Waals surface area contributed by atoms with Gasteiger partial charge in [-0.05, 0) is 24.8 Å². The molecule has 0 aliphatic carbocycles. The van der Waals surface area contributed by atoms with Gasteiger partial charge < -0.3 is 15.7 Å². The number of hydrogen-bond donors (Lipinski definition) is 2. The lowest BCUT2D eigenvalue weighted by Gasteiger charge is -2.25. The molecule has 1 saturated heterocycles. The fourth-order valence-corrected chi connectivity index (χ4v) is 3.09. The van der Waals surface area contributed by atoms with Gasteiger partial charge in [0.15, 0.2) is 5.78 Å². The van der Waals surface area contributed by atoms with Crippen molar-refractivity contribution in [2.45, 2.75) is 44.7 Å². The van der Waals surface area contributed by atoms with E-state index in [-0.39, 0.29) is 18.1 Å². The second-order valence-electron chi connectivity index (χ2n) is 6.40. The summed E-state index contributed by atoms with van der Waals surface area (Å²) in [4.78, 5) is 37.3. The molecule has 6 nitrogen and oxygen atoms in total. The molecule has 2 rings (SSSR count). The largest absolute Gasteiger partial charge is 0.480 e. The molecule has 3 atom stereocenters. The summed E-state index contributed by atoms with van der Waals surface area (Å²) in [5, 5.41) is 9.17. The minimum absolute atomic E-state index is 0.0374. The number of nitrogens with zero attached hydrogens (tertiary/aromatic N) is 1. The third-order valence-corrected chi connectivity index (χ3v) is 4.46. The average Bonchev–Trinajstić information content (AvgIpc) is 3.04. The Morgan fingerprint density at radius 3 is 2.58 bits per heavy atom. The van der Waals surface area contributed by atoms with Crippen molar-refractivity contribution in [3.05, 3.63) is 35.9 Å². The zero-order chi connectivity index (χ0) is 17.7. The van der Waals surface area contributed by atoms with Crippen LogP contribution < -0.4 is 5.73 Å².